The van der Waals surface area contributed by atoms with Gasteiger partial charge in [-0.2, -0.15) is 0 Å². The van der Waals surface area contributed by atoms with Gasteiger partial charge in [-0.05, 0) is 68.1 Å². The Morgan fingerprint density at radius 1 is 0.571 bits per heavy atom. The summed E-state index contributed by atoms with van der Waals surface area (Å²) in [7, 11) is 0. The first-order valence-electron chi connectivity index (χ1n) is 14.6. The third-order valence-electron chi connectivity index (χ3n) is 8.50. The van der Waals surface area contributed by atoms with Crippen molar-refractivity contribution in [1.82, 2.24) is 0 Å². The third-order valence-corrected chi connectivity index (χ3v) is 8.50. The van der Waals surface area contributed by atoms with Gasteiger partial charge in [0.2, 0.25) is 11.8 Å². The number of carbonyl (C=O) groups is 2. The van der Waals surface area contributed by atoms with Gasteiger partial charge < -0.3 is 16.0 Å². The zero-order chi connectivity index (χ0) is 24.3. The Balaban J connectivity index is 1.36. The summed E-state index contributed by atoms with van der Waals surface area (Å²) in [6.45, 7) is 0.930. The van der Waals surface area contributed by atoms with Gasteiger partial charge in [-0.15, -0.1) is 0 Å². The average molecular weight is 482 g/mol. The molecule has 5 nitrogen and oxygen atoms in total. The van der Waals surface area contributed by atoms with Crippen LogP contribution in [-0.4, -0.2) is 18.4 Å². The molecule has 194 valence electrons. The minimum Gasteiger partial charge on any atom is -0.385 e. The fraction of sp³-hybridized carbons (Fsp3) is 0.733. The highest BCUT2D eigenvalue weighted by molar-refractivity contribution is 5.95. The van der Waals surface area contributed by atoms with E-state index in [0.29, 0.717) is 24.7 Å². The van der Waals surface area contributed by atoms with Crippen molar-refractivity contribution in [3.05, 3.63) is 18.2 Å². The number of hydrogen-bond donors (Lipinski definition) is 3. The van der Waals surface area contributed by atoms with Gasteiger partial charge in [0, 0.05) is 36.4 Å². The highest BCUT2D eigenvalue weighted by Crippen LogP contribution is 2.30. The Morgan fingerprint density at radius 2 is 0.971 bits per heavy atom. The molecule has 0 spiro atoms. The number of nitrogens with one attached hydrogen (secondary N) is 3. The number of carbonyl (C=O) groups excluding carboxylic acids is 2. The number of anilines is 3. The van der Waals surface area contributed by atoms with Crippen molar-refractivity contribution >= 4 is 28.9 Å². The Labute approximate surface area is 212 Å². The predicted molar refractivity (Wildman–Crippen MR) is 146 cm³/mol. The quantitative estimate of drug-likeness (QED) is 0.318. The molecular formula is C30H47N3O2. The topological polar surface area (TPSA) is 70.2 Å². The van der Waals surface area contributed by atoms with E-state index in [0.717, 1.165) is 29.5 Å². The Morgan fingerprint density at radius 3 is 1.43 bits per heavy atom. The van der Waals surface area contributed by atoms with Crippen LogP contribution in [0.2, 0.25) is 0 Å². The van der Waals surface area contributed by atoms with Crippen molar-refractivity contribution in [3.8, 4) is 0 Å². The van der Waals surface area contributed by atoms with Gasteiger partial charge in [0.1, 0.15) is 0 Å². The second kappa shape index (κ2) is 13.9. The van der Waals surface area contributed by atoms with Gasteiger partial charge >= 0.3 is 0 Å². The van der Waals surface area contributed by atoms with E-state index in [9.17, 15) is 9.59 Å². The lowest BCUT2D eigenvalue weighted by Crippen LogP contribution is -2.20. The normalized spacial score (nSPS) is 20.3. The smallest absolute Gasteiger partial charge is 0.224 e. The lowest BCUT2D eigenvalue weighted by molar-refractivity contribution is -0.118. The molecule has 5 heteroatoms. The average Bonchev–Trinajstić information content (AvgIpc) is 2.85. The van der Waals surface area contributed by atoms with E-state index in [1.807, 2.05) is 18.2 Å². The minimum atomic E-state index is 0.0933. The molecule has 0 aromatic heterocycles. The predicted octanol–water partition coefficient (Wildman–Crippen LogP) is 7.89. The lowest BCUT2D eigenvalue weighted by Gasteiger charge is -2.22. The van der Waals surface area contributed by atoms with Crippen LogP contribution in [0.4, 0.5) is 17.1 Å². The maximum absolute atomic E-state index is 12.8. The molecule has 4 rings (SSSR count). The molecule has 2 amide bonds. The molecule has 3 saturated carbocycles. The van der Waals surface area contributed by atoms with Gasteiger partial charge in [-0.3, -0.25) is 9.59 Å². The molecule has 0 unspecified atom stereocenters. The molecule has 3 N–H and O–H groups in total. The molecule has 0 atom stereocenters. The van der Waals surface area contributed by atoms with E-state index < -0.39 is 0 Å². The number of rotatable bonds is 10. The summed E-state index contributed by atoms with van der Waals surface area (Å²) in [6, 6.07) is 5.97. The first kappa shape index (κ1) is 26.0. The number of amides is 2. The van der Waals surface area contributed by atoms with Crippen LogP contribution in [0.3, 0.4) is 0 Å². The van der Waals surface area contributed by atoms with E-state index in [1.165, 1.54) is 103 Å². The first-order valence-corrected chi connectivity index (χ1v) is 14.6. The van der Waals surface area contributed by atoms with E-state index >= 15 is 0 Å². The monoisotopic (exact) mass is 481 g/mol. The fourth-order valence-corrected chi connectivity index (χ4v) is 6.50. The van der Waals surface area contributed by atoms with Crippen LogP contribution in [0.25, 0.3) is 0 Å². The molecule has 0 bridgehead atoms. The molecule has 1 aromatic carbocycles. The zero-order valence-corrected chi connectivity index (χ0v) is 21.7. The van der Waals surface area contributed by atoms with Crippen molar-refractivity contribution in [2.24, 2.45) is 17.8 Å². The summed E-state index contributed by atoms with van der Waals surface area (Å²) in [5.74, 6) is 2.03. The molecule has 35 heavy (non-hydrogen) atoms. The largest absolute Gasteiger partial charge is 0.385 e. The Kier molecular flexibility index (Phi) is 10.3. The van der Waals surface area contributed by atoms with Crippen molar-refractivity contribution in [2.75, 3.05) is 22.5 Å². The van der Waals surface area contributed by atoms with E-state index in [1.54, 1.807) is 0 Å². The second-order valence-corrected chi connectivity index (χ2v) is 11.5. The SMILES string of the molecule is O=C(CC1CCCCC1)Nc1cc(NCCC2CCCCC2)cc(NC(=O)CC2CCCCC2)c1. The molecule has 0 saturated heterocycles. The summed E-state index contributed by atoms with van der Waals surface area (Å²) in [6.07, 6.45) is 21.4. The fourth-order valence-electron chi connectivity index (χ4n) is 6.50. The second-order valence-electron chi connectivity index (χ2n) is 11.5. The summed E-state index contributed by atoms with van der Waals surface area (Å²) in [5, 5.41) is 9.85. The highest BCUT2D eigenvalue weighted by Gasteiger charge is 2.19. The van der Waals surface area contributed by atoms with E-state index in [4.69, 9.17) is 0 Å². The molecule has 3 fully saturated rings. The van der Waals surface area contributed by atoms with Crippen LogP contribution in [0, 0.1) is 17.8 Å². The van der Waals surface area contributed by atoms with Gasteiger partial charge in [-0.25, -0.2) is 0 Å². The van der Waals surface area contributed by atoms with Gasteiger partial charge in [0.25, 0.3) is 0 Å². The first-order chi connectivity index (χ1) is 17.1. The molecule has 3 aliphatic carbocycles. The number of hydrogen-bond acceptors (Lipinski definition) is 3. The summed E-state index contributed by atoms with van der Waals surface area (Å²) >= 11 is 0. The maximum atomic E-state index is 12.8. The molecule has 1 aromatic rings. The lowest BCUT2D eigenvalue weighted by atomic mass is 9.87. The van der Waals surface area contributed by atoms with Crippen molar-refractivity contribution in [3.63, 3.8) is 0 Å². The third kappa shape index (κ3) is 9.16. The summed E-state index contributed by atoms with van der Waals surface area (Å²) in [4.78, 5) is 25.6. The van der Waals surface area contributed by atoms with Gasteiger partial charge in [0.15, 0.2) is 0 Å². The highest BCUT2D eigenvalue weighted by atomic mass is 16.2. The van der Waals surface area contributed by atoms with E-state index in [2.05, 4.69) is 16.0 Å². The van der Waals surface area contributed by atoms with E-state index in [-0.39, 0.29) is 11.8 Å². The standard InChI is InChI=1S/C30H47N3O2/c34-29(18-24-12-6-2-7-13-24)32-27-20-26(31-17-16-23-10-4-1-5-11-23)21-28(22-27)33-30(35)19-25-14-8-3-9-15-25/h20-25,31H,1-19H2,(H,32,34)(H,33,35). The van der Waals surface area contributed by atoms with Crippen LogP contribution in [0.1, 0.15) is 116 Å². The summed E-state index contributed by atoms with van der Waals surface area (Å²) < 4.78 is 0. The molecule has 0 heterocycles. The van der Waals surface area contributed by atoms with Crippen LogP contribution < -0.4 is 16.0 Å². The molecule has 0 aliphatic heterocycles. The Hall–Kier alpha value is -2.04. The number of benzene rings is 1. The zero-order valence-electron chi connectivity index (χ0n) is 21.7. The van der Waals surface area contributed by atoms with Crippen LogP contribution >= 0.6 is 0 Å². The van der Waals surface area contributed by atoms with Gasteiger partial charge in [0.05, 0.1) is 0 Å². The van der Waals surface area contributed by atoms with Crippen molar-refractivity contribution in [2.45, 2.75) is 116 Å². The van der Waals surface area contributed by atoms with Crippen molar-refractivity contribution < 1.29 is 9.59 Å². The minimum absolute atomic E-state index is 0.0933. The van der Waals surface area contributed by atoms with Crippen molar-refractivity contribution in [1.29, 1.82) is 0 Å². The molecule has 3 aliphatic rings. The van der Waals surface area contributed by atoms with Gasteiger partial charge in [-0.1, -0.05) is 70.6 Å². The Bertz CT molecular complexity index is 754. The van der Waals surface area contributed by atoms with Crippen LogP contribution in [0.15, 0.2) is 18.2 Å². The molecule has 0 radical (unpaired) electrons. The maximum Gasteiger partial charge on any atom is 0.224 e. The van der Waals surface area contributed by atoms with Crippen LogP contribution in [0.5, 0.6) is 0 Å². The summed E-state index contributed by atoms with van der Waals surface area (Å²) in [5.41, 5.74) is 2.53. The molecular weight excluding hydrogens is 434 g/mol. The van der Waals surface area contributed by atoms with Crippen LogP contribution in [-0.2, 0) is 9.59 Å².